The van der Waals surface area contributed by atoms with Crippen molar-refractivity contribution in [1.29, 1.82) is 0 Å². The van der Waals surface area contributed by atoms with Crippen molar-refractivity contribution in [3.05, 3.63) is 156 Å². The van der Waals surface area contributed by atoms with E-state index in [9.17, 15) is 4.79 Å². The molecule has 0 atom stereocenters. The highest BCUT2D eigenvalue weighted by Crippen LogP contribution is 2.36. The van der Waals surface area contributed by atoms with Crippen LogP contribution in [0.15, 0.2) is 150 Å². The Morgan fingerprint density at radius 3 is 1.80 bits per heavy atom. The minimum absolute atomic E-state index is 0.0435. The third kappa shape index (κ3) is 4.38. The highest BCUT2D eigenvalue weighted by atomic mass is 32.1. The van der Waals surface area contributed by atoms with Gasteiger partial charge in [0.1, 0.15) is 0 Å². The van der Waals surface area contributed by atoms with Crippen LogP contribution in [0.4, 0.5) is 0 Å². The molecule has 0 spiro atoms. The molecule has 0 aliphatic heterocycles. The molecular formula is C41H24N6OS. The minimum atomic E-state index is -0.0435. The second kappa shape index (κ2) is 10.8. The zero-order chi connectivity index (χ0) is 32.5. The van der Waals surface area contributed by atoms with Crippen LogP contribution in [0.2, 0.25) is 0 Å². The van der Waals surface area contributed by atoms with Crippen molar-refractivity contribution in [1.82, 2.24) is 28.9 Å². The van der Waals surface area contributed by atoms with Crippen molar-refractivity contribution >= 4 is 59.2 Å². The first kappa shape index (κ1) is 27.6. The zero-order valence-corrected chi connectivity index (χ0v) is 26.7. The van der Waals surface area contributed by atoms with Crippen LogP contribution in [0.5, 0.6) is 0 Å². The smallest absolute Gasteiger partial charge is 0.266 e. The summed E-state index contributed by atoms with van der Waals surface area (Å²) in [5, 5.41) is 2.82. The maximum absolute atomic E-state index is 13.4. The summed E-state index contributed by atoms with van der Waals surface area (Å²) in [6.45, 7) is 0. The SMILES string of the molecule is O=c1c2ccccc2nc2sc3cc(-c4ccc5c(c4)c4ccccc4n5-c4nc(-c5ccccc5)nc(-c5ccccc5)n4)ccc3n12. The van der Waals surface area contributed by atoms with Gasteiger partial charge in [0.05, 0.1) is 32.2 Å². The van der Waals surface area contributed by atoms with Crippen LogP contribution in [0.25, 0.3) is 87.7 Å². The fraction of sp³-hybridized carbons (Fsp3) is 0. The van der Waals surface area contributed by atoms with E-state index in [-0.39, 0.29) is 5.56 Å². The van der Waals surface area contributed by atoms with Crippen LogP contribution in [-0.2, 0) is 0 Å². The van der Waals surface area contributed by atoms with Crippen molar-refractivity contribution in [2.75, 3.05) is 0 Å². The van der Waals surface area contributed by atoms with Gasteiger partial charge in [-0.25, -0.2) is 9.97 Å². The Morgan fingerprint density at radius 2 is 1.06 bits per heavy atom. The number of fused-ring (bicyclic) bond motifs is 7. The molecule has 0 unspecified atom stereocenters. The average Bonchev–Trinajstić information content (AvgIpc) is 3.70. The second-order valence-electron chi connectivity index (χ2n) is 11.9. The Balaban J connectivity index is 1.16. The molecule has 0 saturated heterocycles. The number of thiazole rings is 1. The summed E-state index contributed by atoms with van der Waals surface area (Å²) in [6, 6.07) is 48.7. The van der Waals surface area contributed by atoms with E-state index < -0.39 is 0 Å². The maximum Gasteiger partial charge on any atom is 0.266 e. The molecule has 0 fully saturated rings. The van der Waals surface area contributed by atoms with E-state index in [2.05, 4.69) is 53.1 Å². The van der Waals surface area contributed by atoms with Gasteiger partial charge in [-0.2, -0.15) is 9.97 Å². The van der Waals surface area contributed by atoms with Crippen LogP contribution in [-0.4, -0.2) is 28.9 Å². The topological polar surface area (TPSA) is 78.0 Å². The van der Waals surface area contributed by atoms with E-state index in [1.54, 1.807) is 4.40 Å². The number of hydrogen-bond donors (Lipinski definition) is 0. The Hall–Kier alpha value is -6.51. The first-order chi connectivity index (χ1) is 24.2. The normalized spacial score (nSPS) is 11.8. The van der Waals surface area contributed by atoms with Crippen molar-refractivity contribution in [2.24, 2.45) is 0 Å². The molecule has 0 saturated carbocycles. The quantitative estimate of drug-likeness (QED) is 0.190. The standard InChI is InChI=1S/C41H24N6OS/c48-39-30-16-7-9-17-32(30)42-41-47(39)35-22-20-28(24-36(35)49-41)27-19-21-34-31(23-27)29-15-8-10-18-33(29)46(34)40-44-37(25-11-3-1-4-12-25)43-38(45-40)26-13-5-2-6-14-26/h1-24H. The van der Waals surface area contributed by atoms with Crippen LogP contribution in [0.3, 0.4) is 0 Å². The van der Waals surface area contributed by atoms with E-state index >= 15 is 0 Å². The maximum atomic E-state index is 13.4. The van der Waals surface area contributed by atoms with Gasteiger partial charge < -0.3 is 0 Å². The van der Waals surface area contributed by atoms with Gasteiger partial charge in [-0.3, -0.25) is 13.8 Å². The summed E-state index contributed by atoms with van der Waals surface area (Å²) >= 11 is 1.53. The molecule has 0 radical (unpaired) electrons. The lowest BCUT2D eigenvalue weighted by Gasteiger charge is -2.11. The van der Waals surface area contributed by atoms with E-state index in [0.717, 1.165) is 54.3 Å². The fourth-order valence-electron chi connectivity index (χ4n) is 6.72. The summed E-state index contributed by atoms with van der Waals surface area (Å²) in [4.78, 5) is 33.9. The molecule has 10 rings (SSSR count). The fourth-order valence-corrected chi connectivity index (χ4v) is 7.78. The van der Waals surface area contributed by atoms with E-state index in [1.807, 2.05) is 97.1 Å². The second-order valence-corrected chi connectivity index (χ2v) is 12.9. The number of hydrogen-bond acceptors (Lipinski definition) is 6. The van der Waals surface area contributed by atoms with Crippen molar-refractivity contribution in [3.8, 4) is 39.9 Å². The Kier molecular flexibility index (Phi) is 6.06. The first-order valence-electron chi connectivity index (χ1n) is 15.9. The van der Waals surface area contributed by atoms with Gasteiger partial charge in [-0.15, -0.1) is 0 Å². The van der Waals surface area contributed by atoms with Crippen LogP contribution in [0, 0.1) is 0 Å². The average molecular weight is 649 g/mol. The molecule has 4 heterocycles. The zero-order valence-electron chi connectivity index (χ0n) is 25.9. The first-order valence-corrected chi connectivity index (χ1v) is 16.8. The lowest BCUT2D eigenvalue weighted by atomic mass is 10.0. The Labute approximate surface area is 283 Å². The van der Waals surface area contributed by atoms with Crippen LogP contribution >= 0.6 is 11.3 Å². The molecule has 0 aliphatic rings. The summed E-state index contributed by atoms with van der Waals surface area (Å²) in [7, 11) is 0. The molecule has 230 valence electrons. The Morgan fingerprint density at radius 1 is 0.469 bits per heavy atom. The molecule has 0 N–H and O–H groups in total. The van der Waals surface area contributed by atoms with Gasteiger partial charge in [0.25, 0.3) is 5.56 Å². The predicted octanol–water partition coefficient (Wildman–Crippen LogP) is 9.35. The summed E-state index contributed by atoms with van der Waals surface area (Å²) in [6.07, 6.45) is 0. The van der Waals surface area contributed by atoms with Gasteiger partial charge in [-0.1, -0.05) is 114 Å². The molecule has 0 aliphatic carbocycles. The molecule has 6 aromatic carbocycles. The summed E-state index contributed by atoms with van der Waals surface area (Å²) < 4.78 is 4.87. The highest BCUT2D eigenvalue weighted by Gasteiger charge is 2.19. The number of nitrogens with zero attached hydrogens (tertiary/aromatic N) is 6. The van der Waals surface area contributed by atoms with E-state index in [4.69, 9.17) is 19.9 Å². The number of aromatic nitrogens is 6. The third-order valence-corrected chi connectivity index (χ3v) is 10.0. The van der Waals surface area contributed by atoms with E-state index in [0.29, 0.717) is 33.5 Å². The minimum Gasteiger partial charge on any atom is -0.278 e. The molecular weight excluding hydrogens is 625 g/mol. The number of benzene rings is 6. The van der Waals surface area contributed by atoms with Crippen molar-refractivity contribution in [3.63, 3.8) is 0 Å². The summed E-state index contributed by atoms with van der Waals surface area (Å²) in [5.74, 6) is 1.79. The number of rotatable bonds is 4. The van der Waals surface area contributed by atoms with Crippen molar-refractivity contribution < 1.29 is 0 Å². The predicted molar refractivity (Wildman–Crippen MR) is 198 cm³/mol. The molecule has 0 amide bonds. The monoisotopic (exact) mass is 648 g/mol. The van der Waals surface area contributed by atoms with Crippen molar-refractivity contribution in [2.45, 2.75) is 0 Å². The third-order valence-electron chi connectivity index (χ3n) is 9.04. The van der Waals surface area contributed by atoms with Gasteiger partial charge in [0.2, 0.25) is 5.95 Å². The van der Waals surface area contributed by atoms with Gasteiger partial charge in [0.15, 0.2) is 16.6 Å². The molecule has 0 bridgehead atoms. The summed E-state index contributed by atoms with van der Waals surface area (Å²) in [5.41, 5.74) is 7.53. The molecule has 7 nitrogen and oxygen atoms in total. The molecule has 10 aromatic rings. The van der Waals surface area contributed by atoms with Crippen LogP contribution in [0.1, 0.15) is 0 Å². The van der Waals surface area contributed by atoms with Gasteiger partial charge in [0, 0.05) is 21.9 Å². The highest BCUT2D eigenvalue weighted by molar-refractivity contribution is 7.23. The largest absolute Gasteiger partial charge is 0.278 e. The van der Waals surface area contributed by atoms with E-state index in [1.165, 1.54) is 11.3 Å². The number of para-hydroxylation sites is 2. The van der Waals surface area contributed by atoms with Gasteiger partial charge >= 0.3 is 0 Å². The molecule has 8 heteroatoms. The lowest BCUT2D eigenvalue weighted by Crippen LogP contribution is -2.13. The lowest BCUT2D eigenvalue weighted by molar-refractivity contribution is 0.953. The van der Waals surface area contributed by atoms with Crippen LogP contribution < -0.4 is 5.56 Å². The van der Waals surface area contributed by atoms with Gasteiger partial charge in [-0.05, 0) is 53.6 Å². The molecule has 49 heavy (non-hydrogen) atoms. The Bertz CT molecular complexity index is 2910. The molecule has 4 aromatic heterocycles.